The van der Waals surface area contributed by atoms with Gasteiger partial charge in [0, 0.05) is 5.39 Å². The van der Waals surface area contributed by atoms with Crippen molar-refractivity contribution in [1.82, 2.24) is 4.57 Å². The van der Waals surface area contributed by atoms with E-state index >= 15 is 0 Å². The fraction of sp³-hybridized carbons (Fsp3) is 0.353. The van der Waals surface area contributed by atoms with Gasteiger partial charge in [-0.3, -0.25) is 14.2 Å². The standard InChI is InChI=1S/C17H20N4O4/c18-15(23)14-13(20-16(24)10-6-2-4-8-12(10)22)9-5-1-3-7-11(9)21(14)17(19)25/h1,3,5,7,10,12,22H,2,4,6,8H2,(H2,18,23)(H2,19,25)(H,20,24)/t10-,12-/m0/s1. The van der Waals surface area contributed by atoms with Gasteiger partial charge in [-0.1, -0.05) is 31.0 Å². The molecule has 0 aliphatic heterocycles. The highest BCUT2D eigenvalue weighted by Gasteiger charge is 2.32. The van der Waals surface area contributed by atoms with E-state index in [1.807, 2.05) is 0 Å². The largest absolute Gasteiger partial charge is 0.392 e. The number of para-hydroxylation sites is 1. The van der Waals surface area contributed by atoms with Crippen LogP contribution in [0.3, 0.4) is 0 Å². The van der Waals surface area contributed by atoms with Gasteiger partial charge >= 0.3 is 6.03 Å². The maximum absolute atomic E-state index is 12.6. The SMILES string of the molecule is NC(=O)c1c(NC(=O)[C@H]2CCCC[C@@H]2O)c2ccccc2n1C(N)=O. The summed E-state index contributed by atoms with van der Waals surface area (Å²) in [6.07, 6.45) is 2.12. The Kier molecular flexibility index (Phi) is 4.45. The Labute approximate surface area is 143 Å². The third kappa shape index (κ3) is 2.96. The summed E-state index contributed by atoms with van der Waals surface area (Å²) in [4.78, 5) is 36.4. The van der Waals surface area contributed by atoms with Crippen LogP contribution in [-0.4, -0.2) is 33.6 Å². The quantitative estimate of drug-likeness (QED) is 0.663. The molecule has 2 aromatic rings. The molecule has 132 valence electrons. The number of aliphatic hydroxyl groups is 1. The van der Waals surface area contributed by atoms with Gasteiger partial charge in [-0.05, 0) is 18.9 Å². The summed E-state index contributed by atoms with van der Waals surface area (Å²) in [5.41, 5.74) is 11.2. The van der Waals surface area contributed by atoms with Crippen LogP contribution < -0.4 is 16.8 Å². The van der Waals surface area contributed by atoms with Gasteiger partial charge in [0.1, 0.15) is 5.69 Å². The van der Waals surface area contributed by atoms with Gasteiger partial charge in [0.05, 0.1) is 23.2 Å². The van der Waals surface area contributed by atoms with E-state index in [0.717, 1.165) is 17.4 Å². The van der Waals surface area contributed by atoms with Crippen molar-refractivity contribution in [3.63, 3.8) is 0 Å². The van der Waals surface area contributed by atoms with Crippen LogP contribution in [0, 0.1) is 5.92 Å². The van der Waals surface area contributed by atoms with Crippen LogP contribution in [0.2, 0.25) is 0 Å². The molecule has 1 fully saturated rings. The predicted octanol–water partition coefficient (Wildman–Crippen LogP) is 1.16. The number of nitrogens with one attached hydrogen (secondary N) is 1. The fourth-order valence-electron chi connectivity index (χ4n) is 3.46. The normalized spacial score (nSPS) is 20.4. The minimum Gasteiger partial charge on any atom is -0.392 e. The smallest absolute Gasteiger partial charge is 0.324 e. The van der Waals surface area contributed by atoms with E-state index in [1.165, 1.54) is 0 Å². The number of aliphatic hydroxyl groups excluding tert-OH is 1. The Morgan fingerprint density at radius 2 is 1.80 bits per heavy atom. The van der Waals surface area contributed by atoms with Crippen molar-refractivity contribution < 1.29 is 19.5 Å². The number of nitrogens with zero attached hydrogens (tertiary/aromatic N) is 1. The first-order chi connectivity index (χ1) is 11.9. The van der Waals surface area contributed by atoms with Crippen LogP contribution in [0.25, 0.3) is 10.9 Å². The number of rotatable bonds is 3. The lowest BCUT2D eigenvalue weighted by Crippen LogP contribution is -2.36. The molecule has 1 aromatic carbocycles. The number of amides is 3. The van der Waals surface area contributed by atoms with Gasteiger partial charge in [-0.15, -0.1) is 0 Å². The lowest BCUT2D eigenvalue weighted by atomic mass is 9.86. The molecule has 2 atom stereocenters. The van der Waals surface area contributed by atoms with Crippen molar-refractivity contribution >= 4 is 34.4 Å². The molecule has 8 nitrogen and oxygen atoms in total. The number of hydrogen-bond donors (Lipinski definition) is 4. The van der Waals surface area contributed by atoms with Crippen molar-refractivity contribution in [3.05, 3.63) is 30.0 Å². The summed E-state index contributed by atoms with van der Waals surface area (Å²) in [6.45, 7) is 0. The van der Waals surface area contributed by atoms with Gasteiger partial charge < -0.3 is 21.9 Å². The molecule has 0 saturated heterocycles. The molecule has 3 amide bonds. The van der Waals surface area contributed by atoms with Gasteiger partial charge in [-0.2, -0.15) is 0 Å². The minimum absolute atomic E-state index is 0.143. The molecule has 0 bridgehead atoms. The zero-order chi connectivity index (χ0) is 18.1. The van der Waals surface area contributed by atoms with Gasteiger partial charge in [-0.25, -0.2) is 4.79 Å². The first kappa shape index (κ1) is 17.0. The van der Waals surface area contributed by atoms with Gasteiger partial charge in [0.2, 0.25) is 5.91 Å². The number of nitrogens with two attached hydrogens (primary N) is 2. The number of aromatic nitrogens is 1. The average molecular weight is 344 g/mol. The summed E-state index contributed by atoms with van der Waals surface area (Å²) in [5, 5.41) is 13.2. The molecule has 0 unspecified atom stereocenters. The van der Waals surface area contributed by atoms with E-state index in [9.17, 15) is 19.5 Å². The highest BCUT2D eigenvalue weighted by Crippen LogP contribution is 2.32. The van der Waals surface area contributed by atoms with E-state index in [1.54, 1.807) is 24.3 Å². The number of carbonyl (C=O) groups is 3. The van der Waals surface area contributed by atoms with E-state index in [0.29, 0.717) is 23.7 Å². The second-order valence-corrected chi connectivity index (χ2v) is 6.23. The molecule has 0 radical (unpaired) electrons. The number of carbonyl (C=O) groups excluding carboxylic acids is 3. The summed E-state index contributed by atoms with van der Waals surface area (Å²) in [7, 11) is 0. The summed E-state index contributed by atoms with van der Waals surface area (Å²) in [6, 6.07) is 5.79. The molecule has 1 aliphatic carbocycles. The molecule has 8 heteroatoms. The molecule has 1 saturated carbocycles. The van der Waals surface area contributed by atoms with Crippen molar-refractivity contribution in [3.8, 4) is 0 Å². The number of fused-ring (bicyclic) bond motifs is 1. The Morgan fingerprint density at radius 1 is 1.12 bits per heavy atom. The van der Waals surface area contributed by atoms with Crippen LogP contribution in [0.15, 0.2) is 24.3 Å². The zero-order valence-electron chi connectivity index (χ0n) is 13.6. The van der Waals surface area contributed by atoms with Crippen LogP contribution in [0.1, 0.15) is 36.2 Å². The Bertz CT molecular complexity index is 858. The minimum atomic E-state index is -0.880. The summed E-state index contributed by atoms with van der Waals surface area (Å²) >= 11 is 0. The number of hydrogen-bond acceptors (Lipinski definition) is 4. The Hall–Kier alpha value is -2.87. The molecule has 1 aliphatic rings. The van der Waals surface area contributed by atoms with Crippen molar-refractivity contribution in [2.45, 2.75) is 31.8 Å². The molecule has 25 heavy (non-hydrogen) atoms. The predicted molar refractivity (Wildman–Crippen MR) is 92.0 cm³/mol. The molecule has 1 aromatic heterocycles. The highest BCUT2D eigenvalue weighted by atomic mass is 16.3. The first-order valence-corrected chi connectivity index (χ1v) is 8.13. The van der Waals surface area contributed by atoms with E-state index in [4.69, 9.17) is 11.5 Å². The molecule has 3 rings (SSSR count). The van der Waals surface area contributed by atoms with Crippen LogP contribution in [-0.2, 0) is 4.79 Å². The number of primary amides is 2. The second kappa shape index (κ2) is 6.56. The maximum Gasteiger partial charge on any atom is 0.324 e. The van der Waals surface area contributed by atoms with Crippen LogP contribution >= 0.6 is 0 Å². The Balaban J connectivity index is 2.09. The third-order valence-electron chi connectivity index (χ3n) is 4.64. The highest BCUT2D eigenvalue weighted by molar-refractivity contribution is 6.15. The fourth-order valence-corrected chi connectivity index (χ4v) is 3.46. The van der Waals surface area contributed by atoms with Crippen molar-refractivity contribution in [2.75, 3.05) is 5.32 Å². The molecular formula is C17H20N4O4. The van der Waals surface area contributed by atoms with Crippen molar-refractivity contribution in [1.29, 1.82) is 0 Å². The summed E-state index contributed by atoms with van der Waals surface area (Å²) < 4.78 is 0.991. The van der Waals surface area contributed by atoms with E-state index in [2.05, 4.69) is 5.32 Å². The lowest BCUT2D eigenvalue weighted by Gasteiger charge is -2.26. The van der Waals surface area contributed by atoms with Crippen LogP contribution in [0.4, 0.5) is 10.5 Å². The summed E-state index contributed by atoms with van der Waals surface area (Å²) in [5.74, 6) is -1.85. The topological polar surface area (TPSA) is 140 Å². The average Bonchev–Trinajstić information content (AvgIpc) is 2.90. The maximum atomic E-state index is 12.6. The first-order valence-electron chi connectivity index (χ1n) is 8.13. The van der Waals surface area contributed by atoms with Crippen molar-refractivity contribution in [2.24, 2.45) is 17.4 Å². The van der Waals surface area contributed by atoms with Gasteiger partial charge in [0.15, 0.2) is 0 Å². The van der Waals surface area contributed by atoms with Gasteiger partial charge in [0.25, 0.3) is 5.91 Å². The molecule has 6 N–H and O–H groups in total. The molecular weight excluding hydrogens is 324 g/mol. The third-order valence-corrected chi connectivity index (χ3v) is 4.64. The number of benzene rings is 1. The zero-order valence-corrected chi connectivity index (χ0v) is 13.6. The van der Waals surface area contributed by atoms with Crippen LogP contribution in [0.5, 0.6) is 0 Å². The second-order valence-electron chi connectivity index (χ2n) is 6.23. The molecule has 1 heterocycles. The lowest BCUT2D eigenvalue weighted by molar-refractivity contribution is -0.124. The van der Waals surface area contributed by atoms with E-state index < -0.39 is 29.9 Å². The molecule has 0 spiro atoms. The number of anilines is 1. The monoisotopic (exact) mass is 344 g/mol. The van der Waals surface area contributed by atoms with E-state index in [-0.39, 0.29) is 11.4 Å². The Morgan fingerprint density at radius 3 is 2.44 bits per heavy atom.